The molecule has 1 fully saturated rings. The molecule has 5 nitrogen and oxygen atoms in total. The van der Waals surface area contributed by atoms with Gasteiger partial charge >= 0.3 is 0 Å². The molecule has 0 spiro atoms. The van der Waals surface area contributed by atoms with Crippen LogP contribution in [0.15, 0.2) is 42.6 Å². The molecule has 2 N–H and O–H groups in total. The van der Waals surface area contributed by atoms with E-state index in [1.54, 1.807) is 7.11 Å². The number of fused-ring (bicyclic) bond motifs is 1. The van der Waals surface area contributed by atoms with Gasteiger partial charge in [-0.05, 0) is 67.6 Å². The van der Waals surface area contributed by atoms with Gasteiger partial charge in [0.15, 0.2) is 0 Å². The van der Waals surface area contributed by atoms with Crippen LogP contribution in [0.3, 0.4) is 0 Å². The van der Waals surface area contributed by atoms with Gasteiger partial charge in [0.05, 0.1) is 7.11 Å². The van der Waals surface area contributed by atoms with Gasteiger partial charge in [-0.3, -0.25) is 9.46 Å². The van der Waals surface area contributed by atoms with Crippen molar-refractivity contribution >= 4 is 23.6 Å². The minimum atomic E-state index is -3.23. The van der Waals surface area contributed by atoms with E-state index >= 15 is 0 Å². The first-order valence-electron chi connectivity index (χ1n) is 10.6. The first-order chi connectivity index (χ1) is 14.3. The third-order valence-corrected chi connectivity index (χ3v) is 7.68. The van der Waals surface area contributed by atoms with Crippen molar-refractivity contribution in [1.29, 1.82) is 0 Å². The Morgan fingerprint density at radius 2 is 2.00 bits per heavy atom. The Bertz CT molecular complexity index is 1080. The van der Waals surface area contributed by atoms with Gasteiger partial charge < -0.3 is 14.6 Å². The van der Waals surface area contributed by atoms with Crippen LogP contribution in [0.5, 0.6) is 5.75 Å². The molecule has 6 heteroatoms. The largest absolute Gasteiger partial charge is 0.496 e. The minimum Gasteiger partial charge on any atom is -0.496 e. The molecule has 2 heterocycles. The van der Waals surface area contributed by atoms with E-state index in [1.165, 1.54) is 40.7 Å². The molecule has 2 aromatic carbocycles. The molecule has 30 heavy (non-hydrogen) atoms. The van der Waals surface area contributed by atoms with Crippen LogP contribution in [0.4, 0.5) is 0 Å². The number of benzene rings is 2. The van der Waals surface area contributed by atoms with Crippen LogP contribution in [0.1, 0.15) is 42.5 Å². The van der Waals surface area contributed by atoms with E-state index in [2.05, 4.69) is 35.9 Å². The van der Waals surface area contributed by atoms with Crippen molar-refractivity contribution < 1.29 is 14.2 Å². The number of nitrogens with one attached hydrogen (secondary N) is 1. The second-order valence-electron chi connectivity index (χ2n) is 8.73. The van der Waals surface area contributed by atoms with Gasteiger partial charge in [-0.15, -0.1) is 0 Å². The summed E-state index contributed by atoms with van der Waals surface area (Å²) in [6.07, 6.45) is 4.24. The Morgan fingerprint density at radius 3 is 2.67 bits per heavy atom. The fourth-order valence-corrected chi connectivity index (χ4v) is 5.39. The van der Waals surface area contributed by atoms with Crippen molar-refractivity contribution in [1.82, 2.24) is 9.88 Å². The molecule has 0 saturated carbocycles. The van der Waals surface area contributed by atoms with E-state index in [-0.39, 0.29) is 6.04 Å². The van der Waals surface area contributed by atoms with Crippen molar-refractivity contribution in [2.24, 2.45) is 5.92 Å². The molecule has 1 unspecified atom stereocenters. The molecule has 1 aromatic heterocycles. The molecule has 0 bridgehead atoms. The summed E-state index contributed by atoms with van der Waals surface area (Å²) in [4.78, 5) is 15.8. The molecule has 0 aliphatic carbocycles. The average molecular weight is 426 g/mol. The summed E-state index contributed by atoms with van der Waals surface area (Å²) in [7, 11) is -1.49. The van der Waals surface area contributed by atoms with E-state index in [9.17, 15) is 9.46 Å². The Labute approximate surface area is 178 Å². The molecular formula is C24H31N2O3P. The number of nitrogens with zero attached hydrogens (tertiary/aromatic N) is 1. The quantitative estimate of drug-likeness (QED) is 0.565. The van der Waals surface area contributed by atoms with Crippen LogP contribution in [0, 0.1) is 12.8 Å². The normalized spacial score (nSPS) is 22.2. The van der Waals surface area contributed by atoms with E-state index < -0.39 is 7.37 Å². The van der Waals surface area contributed by atoms with Gasteiger partial charge in [0, 0.05) is 47.2 Å². The fourth-order valence-electron chi connectivity index (χ4n) is 4.68. The van der Waals surface area contributed by atoms with Crippen LogP contribution >= 0.6 is 7.37 Å². The third-order valence-electron chi connectivity index (χ3n) is 6.43. The Hall–Kier alpha value is -2.07. The molecule has 160 valence electrons. The highest BCUT2D eigenvalue weighted by Crippen LogP contribution is 2.39. The summed E-state index contributed by atoms with van der Waals surface area (Å²) in [5.41, 5.74) is 4.76. The molecule has 1 aliphatic heterocycles. The van der Waals surface area contributed by atoms with E-state index in [0.717, 1.165) is 25.3 Å². The second-order valence-corrected chi connectivity index (χ2v) is 11.0. The number of methoxy groups -OCH3 is 1. The van der Waals surface area contributed by atoms with Gasteiger partial charge in [0.1, 0.15) is 5.75 Å². The monoisotopic (exact) mass is 426 g/mol. The molecule has 1 aliphatic rings. The van der Waals surface area contributed by atoms with Crippen LogP contribution in [0.2, 0.25) is 0 Å². The molecule has 1 saturated heterocycles. The van der Waals surface area contributed by atoms with Crippen LogP contribution in [-0.4, -0.2) is 35.1 Å². The van der Waals surface area contributed by atoms with Crippen LogP contribution in [0.25, 0.3) is 10.9 Å². The lowest BCUT2D eigenvalue weighted by molar-refractivity contribution is 0.110. The van der Waals surface area contributed by atoms with Gasteiger partial charge in [-0.2, -0.15) is 0 Å². The summed E-state index contributed by atoms with van der Waals surface area (Å²) in [5, 5.41) is 1.72. The lowest BCUT2D eigenvalue weighted by Gasteiger charge is -2.39. The second kappa shape index (κ2) is 8.22. The maximum atomic E-state index is 12.0. The van der Waals surface area contributed by atoms with Crippen molar-refractivity contribution in [3.63, 3.8) is 0 Å². The number of rotatable bonds is 5. The lowest BCUT2D eigenvalue weighted by atomic mass is 9.87. The van der Waals surface area contributed by atoms with Crippen molar-refractivity contribution in [3.05, 3.63) is 59.3 Å². The van der Waals surface area contributed by atoms with Gasteiger partial charge in [0.2, 0.25) is 7.37 Å². The van der Waals surface area contributed by atoms with Crippen molar-refractivity contribution in [2.75, 3.05) is 20.3 Å². The Kier molecular flexibility index (Phi) is 5.80. The summed E-state index contributed by atoms with van der Waals surface area (Å²) in [6.45, 7) is 7.63. The number of hydrogen-bond donors (Lipinski definition) is 2. The SMILES string of the molecule is COc1cc(C)c2[nH]ccc2c1CN1CC[C@@H](C)C[C@H]1c1ccc(P(C)(=O)O)cc1. The number of ether oxygens (including phenoxy) is 1. The topological polar surface area (TPSA) is 65.6 Å². The predicted octanol–water partition coefficient (Wildman–Crippen LogP) is 4.98. The summed E-state index contributed by atoms with van der Waals surface area (Å²) < 4.78 is 17.7. The molecule has 0 radical (unpaired) electrons. The number of aryl methyl sites for hydroxylation is 1. The molecular weight excluding hydrogens is 395 g/mol. The molecule has 3 aromatic rings. The van der Waals surface area contributed by atoms with Crippen LogP contribution < -0.4 is 10.0 Å². The average Bonchev–Trinajstić information content (AvgIpc) is 3.21. The number of piperidine rings is 1. The van der Waals surface area contributed by atoms with Crippen molar-refractivity contribution in [3.8, 4) is 5.75 Å². The first kappa shape index (κ1) is 21.2. The zero-order valence-corrected chi connectivity index (χ0v) is 19.1. The van der Waals surface area contributed by atoms with Gasteiger partial charge in [-0.1, -0.05) is 19.1 Å². The molecule has 3 atom stereocenters. The maximum Gasteiger partial charge on any atom is 0.226 e. The number of likely N-dealkylation sites (tertiary alicyclic amines) is 1. The van der Waals surface area contributed by atoms with Gasteiger partial charge in [0.25, 0.3) is 0 Å². The highest BCUT2D eigenvalue weighted by atomic mass is 31.2. The predicted molar refractivity (Wildman–Crippen MR) is 123 cm³/mol. The van der Waals surface area contributed by atoms with Crippen molar-refractivity contribution in [2.45, 2.75) is 39.3 Å². The maximum absolute atomic E-state index is 12.0. The first-order valence-corrected chi connectivity index (χ1v) is 12.7. The number of aromatic amines is 1. The Morgan fingerprint density at radius 1 is 1.27 bits per heavy atom. The van der Waals surface area contributed by atoms with Gasteiger partial charge in [-0.25, -0.2) is 0 Å². The minimum absolute atomic E-state index is 0.276. The standard InChI is InChI=1S/C24H31N2O3P/c1-16-10-12-26(22(13-16)18-5-7-19(8-6-18)30(4,27)28)15-21-20-9-11-25-24(20)17(2)14-23(21)29-3/h5-9,11,14,16,22,25H,10,12-13,15H2,1-4H3,(H,27,28)/t16-,22+/m1/s1. The molecule has 4 rings (SSSR count). The third kappa shape index (κ3) is 4.07. The highest BCUT2D eigenvalue weighted by molar-refractivity contribution is 7.65. The van der Waals surface area contributed by atoms with Crippen LogP contribution in [-0.2, 0) is 11.1 Å². The van der Waals surface area contributed by atoms with E-state index in [1.807, 2.05) is 30.5 Å². The Balaban J connectivity index is 1.69. The zero-order chi connectivity index (χ0) is 21.5. The smallest absolute Gasteiger partial charge is 0.226 e. The summed E-state index contributed by atoms with van der Waals surface area (Å²) in [5.74, 6) is 1.58. The fraction of sp³-hybridized carbons (Fsp3) is 0.417. The highest BCUT2D eigenvalue weighted by Gasteiger charge is 2.29. The van der Waals surface area contributed by atoms with E-state index in [4.69, 9.17) is 4.74 Å². The number of aromatic nitrogens is 1. The number of H-pyrrole nitrogens is 1. The lowest BCUT2D eigenvalue weighted by Crippen LogP contribution is -2.36. The van der Waals surface area contributed by atoms with E-state index in [0.29, 0.717) is 11.2 Å². The zero-order valence-electron chi connectivity index (χ0n) is 18.2. The number of hydrogen-bond acceptors (Lipinski definition) is 3. The summed E-state index contributed by atoms with van der Waals surface area (Å²) >= 11 is 0. The summed E-state index contributed by atoms with van der Waals surface area (Å²) in [6, 6.07) is 12.2. The molecule has 0 amide bonds.